The second kappa shape index (κ2) is 13.5. The SMILES string of the molecule is PC(c1cnccn1)(c1cnccn1)[c-]1cccc1CP(C1C2CC3CC(C2)CC1C3)C1C2CC3CC(C2)CC1C3.[Fe].[cH-]1[cH-][cH-][cH-][cH-]1. The Morgan fingerprint density at radius 3 is 1.47 bits per heavy atom. The maximum Gasteiger partial charge on any atom is 0.0674 e. The van der Waals surface area contributed by atoms with Crippen LogP contribution < -0.4 is 0 Å². The van der Waals surface area contributed by atoms with E-state index < -0.39 is 5.16 Å². The zero-order chi connectivity index (χ0) is 30.7. The minimum Gasteiger partial charge on any atom is -0.748 e. The molecule has 1 unspecified atom stereocenters. The molecule has 0 radical (unpaired) electrons. The molecule has 8 aliphatic rings. The summed E-state index contributed by atoms with van der Waals surface area (Å²) >= 11 is 0. The van der Waals surface area contributed by atoms with Crippen molar-refractivity contribution in [3.63, 3.8) is 0 Å². The van der Waals surface area contributed by atoms with E-state index in [4.69, 9.17) is 9.97 Å². The largest absolute Gasteiger partial charge is 0.748 e. The third kappa shape index (κ3) is 5.94. The van der Waals surface area contributed by atoms with Crippen molar-refractivity contribution in [2.24, 2.45) is 47.3 Å². The van der Waals surface area contributed by atoms with Gasteiger partial charge < -0.3 is 30.3 Å². The molecule has 4 aromatic rings. The molecular weight excluding hydrogens is 654 g/mol. The Morgan fingerprint density at radius 2 is 1.09 bits per heavy atom. The smallest absolute Gasteiger partial charge is 0.0674 e. The van der Waals surface area contributed by atoms with Crippen molar-refractivity contribution in [2.45, 2.75) is 86.8 Å². The standard InChI is InChI=1S/C35H43N4P2.C5H5.Fe/c40-35(31-18-36-4-6-38-31,32-19-37-5-7-39-32)30-3-1-2-25(30)20-41(33-26-10-21-8-22(12-26)13-27(33)11-21)34-28-14-23-9-24(16-28)17-29(34)15-23;1-2-4-5-3-1;/h1-7,18-19,21-24,26-29,33-34H,8-17,20,40H2;1-5H;/q-1;-5;. The molecular formula is C40H48FeN4P2-6. The first-order chi connectivity index (χ1) is 22.6. The summed E-state index contributed by atoms with van der Waals surface area (Å²) in [6.45, 7) is 0. The van der Waals surface area contributed by atoms with Crippen LogP contribution in [0.15, 0.2) is 85.7 Å². The maximum atomic E-state index is 4.86. The van der Waals surface area contributed by atoms with E-state index in [-0.39, 0.29) is 25.0 Å². The zero-order valence-corrected chi connectivity index (χ0v) is 30.5. The van der Waals surface area contributed by atoms with Gasteiger partial charge >= 0.3 is 0 Å². The van der Waals surface area contributed by atoms with Crippen molar-refractivity contribution in [1.82, 2.24) is 19.9 Å². The van der Waals surface area contributed by atoms with Gasteiger partial charge in [0.15, 0.2) is 0 Å². The fourth-order valence-electron chi connectivity index (χ4n) is 12.2. The number of hydrogen-bond donors (Lipinski definition) is 0. The van der Waals surface area contributed by atoms with Crippen molar-refractivity contribution in [2.75, 3.05) is 0 Å². The van der Waals surface area contributed by atoms with Gasteiger partial charge in [-0.15, -0.1) is 14.8 Å². The summed E-state index contributed by atoms with van der Waals surface area (Å²) in [7, 11) is 3.08. The molecule has 7 heteroatoms. The van der Waals surface area contributed by atoms with Crippen molar-refractivity contribution in [3.05, 3.63) is 108 Å². The van der Waals surface area contributed by atoms with Gasteiger partial charge in [-0.3, -0.25) is 19.9 Å². The topological polar surface area (TPSA) is 51.6 Å². The molecule has 0 amide bonds. The molecule has 8 fully saturated rings. The van der Waals surface area contributed by atoms with Crippen LogP contribution in [0.4, 0.5) is 0 Å². The normalized spacial score (nSPS) is 35.2. The number of rotatable bonds is 7. The molecule has 0 saturated heterocycles. The van der Waals surface area contributed by atoms with E-state index in [1.165, 1.54) is 11.7 Å². The second-order valence-electron chi connectivity index (χ2n) is 15.9. The van der Waals surface area contributed by atoms with E-state index in [0.29, 0.717) is 0 Å². The molecule has 8 bridgehead atoms. The molecule has 2 aromatic carbocycles. The van der Waals surface area contributed by atoms with Crippen molar-refractivity contribution < 1.29 is 17.1 Å². The summed E-state index contributed by atoms with van der Waals surface area (Å²) in [5, 5.41) is -0.545. The summed E-state index contributed by atoms with van der Waals surface area (Å²) in [5.41, 5.74) is 6.76. The van der Waals surface area contributed by atoms with Gasteiger partial charge in [0.05, 0.1) is 16.5 Å². The fraction of sp³-hybridized carbons (Fsp3) is 0.550. The van der Waals surface area contributed by atoms with Crippen LogP contribution in [0.1, 0.15) is 86.7 Å². The van der Waals surface area contributed by atoms with Gasteiger partial charge in [0.25, 0.3) is 0 Å². The molecule has 0 aliphatic heterocycles. The molecule has 8 saturated carbocycles. The molecule has 47 heavy (non-hydrogen) atoms. The molecule has 8 aliphatic carbocycles. The monoisotopic (exact) mass is 702 g/mol. The van der Waals surface area contributed by atoms with Crippen LogP contribution in [0, 0.1) is 47.3 Å². The average Bonchev–Trinajstić information content (AvgIpc) is 3.81. The van der Waals surface area contributed by atoms with Crippen LogP contribution in [-0.4, -0.2) is 31.3 Å². The summed E-state index contributed by atoms with van der Waals surface area (Å²) in [6, 6.07) is 17.1. The summed E-state index contributed by atoms with van der Waals surface area (Å²) in [5.74, 6) is 8.22. The molecule has 4 nitrogen and oxygen atoms in total. The van der Waals surface area contributed by atoms with Crippen LogP contribution in [0.5, 0.6) is 0 Å². The average molecular weight is 703 g/mol. The molecule has 12 rings (SSSR count). The summed E-state index contributed by atoms with van der Waals surface area (Å²) < 4.78 is 0. The minimum atomic E-state index is -0.545. The Hall–Kier alpha value is -1.76. The van der Waals surface area contributed by atoms with Gasteiger partial charge in [-0.25, -0.2) is 12.1 Å². The molecule has 1 atom stereocenters. The first-order valence-electron chi connectivity index (χ1n) is 18.1. The predicted octanol–water partition coefficient (Wildman–Crippen LogP) is 9.19. The fourth-order valence-corrected chi connectivity index (χ4v) is 17.4. The van der Waals surface area contributed by atoms with Crippen LogP contribution >= 0.6 is 17.2 Å². The summed E-state index contributed by atoms with van der Waals surface area (Å²) in [4.78, 5) is 18.7. The minimum absolute atomic E-state index is 0. The van der Waals surface area contributed by atoms with E-state index in [9.17, 15) is 0 Å². The Balaban J connectivity index is 0.000000497. The number of hydrogen-bond acceptors (Lipinski definition) is 4. The van der Waals surface area contributed by atoms with Crippen LogP contribution in [0.2, 0.25) is 0 Å². The number of aromatic nitrogens is 4. The molecule has 2 heterocycles. The van der Waals surface area contributed by atoms with Crippen LogP contribution in [0.25, 0.3) is 0 Å². The van der Waals surface area contributed by atoms with Crippen LogP contribution in [0.3, 0.4) is 0 Å². The van der Waals surface area contributed by atoms with Crippen molar-refractivity contribution in [1.29, 1.82) is 0 Å². The zero-order valence-electron chi connectivity index (χ0n) is 27.3. The Kier molecular flexibility index (Phi) is 9.33. The van der Waals surface area contributed by atoms with Gasteiger partial charge in [0.2, 0.25) is 0 Å². The van der Waals surface area contributed by atoms with Crippen LogP contribution in [-0.2, 0) is 28.4 Å². The number of nitrogens with zero attached hydrogens (tertiary/aromatic N) is 4. The maximum absolute atomic E-state index is 4.86. The Bertz CT molecular complexity index is 1440. The van der Waals surface area contributed by atoms with Gasteiger partial charge in [-0.1, -0.05) is 7.92 Å². The van der Waals surface area contributed by atoms with E-state index in [2.05, 4.69) is 37.4 Å². The van der Waals surface area contributed by atoms with Gasteiger partial charge in [0.1, 0.15) is 0 Å². The van der Waals surface area contributed by atoms with E-state index in [1.807, 2.05) is 55.1 Å². The predicted molar refractivity (Wildman–Crippen MR) is 190 cm³/mol. The van der Waals surface area contributed by atoms with Gasteiger partial charge in [0, 0.05) is 54.2 Å². The molecule has 0 N–H and O–H groups in total. The van der Waals surface area contributed by atoms with Crippen molar-refractivity contribution >= 4 is 17.2 Å². The van der Waals surface area contributed by atoms with E-state index in [0.717, 1.165) is 70.0 Å². The molecule has 2 aromatic heterocycles. The quantitative estimate of drug-likeness (QED) is 0.110. The Labute approximate surface area is 295 Å². The molecule has 0 spiro atoms. The van der Waals surface area contributed by atoms with Gasteiger partial charge in [-0.05, 0) is 129 Å². The van der Waals surface area contributed by atoms with E-state index >= 15 is 0 Å². The first kappa shape index (κ1) is 32.4. The molecule has 252 valence electrons. The first-order valence-corrected chi connectivity index (χ1v) is 20.4. The van der Waals surface area contributed by atoms with Gasteiger partial charge in [-0.2, -0.15) is 11.6 Å². The summed E-state index contributed by atoms with van der Waals surface area (Å²) in [6.07, 6.45) is 27.8. The third-order valence-electron chi connectivity index (χ3n) is 13.3. The Morgan fingerprint density at radius 1 is 0.660 bits per heavy atom. The van der Waals surface area contributed by atoms with Crippen molar-refractivity contribution in [3.8, 4) is 0 Å². The second-order valence-corrected chi connectivity index (χ2v) is 19.3. The third-order valence-corrected chi connectivity index (χ3v) is 18.1. The van der Waals surface area contributed by atoms with E-state index in [1.54, 1.807) is 82.2 Å².